The van der Waals surface area contributed by atoms with Gasteiger partial charge in [0, 0.05) is 6.54 Å². The van der Waals surface area contributed by atoms with Gasteiger partial charge < -0.3 is 0 Å². The van der Waals surface area contributed by atoms with E-state index < -0.39 is 11.7 Å². The van der Waals surface area contributed by atoms with Crippen LogP contribution in [0.3, 0.4) is 0 Å². The van der Waals surface area contributed by atoms with Gasteiger partial charge in [0.1, 0.15) is 5.69 Å². The van der Waals surface area contributed by atoms with Gasteiger partial charge in [-0.15, -0.1) is 0 Å². The Balaban J connectivity index is 2.21. The van der Waals surface area contributed by atoms with E-state index >= 15 is 0 Å². The summed E-state index contributed by atoms with van der Waals surface area (Å²) in [4.78, 5) is 0. The van der Waals surface area contributed by atoms with E-state index in [-0.39, 0.29) is 4.77 Å². The first kappa shape index (κ1) is 16.4. The number of benzene rings is 1. The second-order valence-electron chi connectivity index (χ2n) is 5.22. The van der Waals surface area contributed by atoms with E-state index in [1.165, 1.54) is 10.6 Å². The fourth-order valence-electron chi connectivity index (χ4n) is 2.50. The molecular formula is C15H14F3N5S. The zero-order valence-corrected chi connectivity index (χ0v) is 13.7. The lowest BCUT2D eigenvalue weighted by molar-refractivity contribution is -0.137. The van der Waals surface area contributed by atoms with Gasteiger partial charge in [0.25, 0.3) is 0 Å². The molecule has 5 nitrogen and oxygen atoms in total. The Labute approximate surface area is 140 Å². The van der Waals surface area contributed by atoms with E-state index in [9.17, 15) is 13.2 Å². The molecule has 0 bridgehead atoms. The highest BCUT2D eigenvalue weighted by atomic mass is 32.1. The molecule has 0 spiro atoms. The minimum absolute atomic E-state index is 0.214. The van der Waals surface area contributed by atoms with Crippen molar-refractivity contribution in [2.24, 2.45) is 0 Å². The number of rotatable bonds is 3. The molecule has 0 saturated heterocycles. The van der Waals surface area contributed by atoms with E-state index in [1.807, 2.05) is 19.9 Å². The molecule has 2 aromatic heterocycles. The number of alkyl halides is 3. The van der Waals surface area contributed by atoms with Gasteiger partial charge in [-0.1, -0.05) is 6.07 Å². The minimum atomic E-state index is -4.43. The van der Waals surface area contributed by atoms with Gasteiger partial charge in [0.05, 0.1) is 16.9 Å². The fourth-order valence-corrected chi connectivity index (χ4v) is 2.73. The van der Waals surface area contributed by atoms with Crippen LogP contribution in [0.2, 0.25) is 0 Å². The van der Waals surface area contributed by atoms with Crippen LogP contribution in [-0.2, 0) is 12.7 Å². The maximum absolute atomic E-state index is 13.0. The number of aromatic nitrogens is 5. The second kappa shape index (κ2) is 5.90. The van der Waals surface area contributed by atoms with Crippen molar-refractivity contribution in [2.45, 2.75) is 26.6 Å². The number of nitrogens with zero attached hydrogens (tertiary/aromatic N) is 4. The predicted octanol–water partition coefficient (Wildman–Crippen LogP) is 4.14. The normalized spacial score (nSPS) is 11.9. The number of nitrogens with one attached hydrogen (secondary N) is 1. The topological polar surface area (TPSA) is 51.4 Å². The van der Waals surface area contributed by atoms with Gasteiger partial charge in [-0.2, -0.15) is 23.4 Å². The van der Waals surface area contributed by atoms with Crippen LogP contribution in [0.5, 0.6) is 0 Å². The second-order valence-corrected chi connectivity index (χ2v) is 5.61. The number of H-pyrrole nitrogens is 1. The summed E-state index contributed by atoms with van der Waals surface area (Å²) < 4.78 is 42.4. The summed E-state index contributed by atoms with van der Waals surface area (Å²) in [5, 5.41) is 11.2. The highest BCUT2D eigenvalue weighted by Crippen LogP contribution is 2.31. The molecule has 1 aromatic carbocycles. The predicted molar refractivity (Wildman–Crippen MR) is 85.4 cm³/mol. The smallest absolute Gasteiger partial charge is 0.267 e. The molecule has 3 rings (SSSR count). The number of aromatic amines is 1. The summed E-state index contributed by atoms with van der Waals surface area (Å²) >= 11 is 5.21. The molecule has 0 aliphatic heterocycles. The molecule has 0 atom stereocenters. The van der Waals surface area contributed by atoms with Crippen LogP contribution < -0.4 is 0 Å². The Hall–Kier alpha value is -2.42. The Kier molecular flexibility index (Phi) is 4.04. The first-order chi connectivity index (χ1) is 11.3. The van der Waals surface area contributed by atoms with Gasteiger partial charge in [-0.25, -0.2) is 0 Å². The van der Waals surface area contributed by atoms with Crippen LogP contribution in [0.15, 0.2) is 30.3 Å². The number of hydrogen-bond acceptors (Lipinski definition) is 3. The zero-order chi connectivity index (χ0) is 17.5. The average Bonchev–Trinajstić information content (AvgIpc) is 3.09. The van der Waals surface area contributed by atoms with Crippen LogP contribution in [-0.4, -0.2) is 24.5 Å². The lowest BCUT2D eigenvalue weighted by Gasteiger charge is -2.11. The van der Waals surface area contributed by atoms with Gasteiger partial charge >= 0.3 is 6.18 Å². The molecule has 3 aromatic rings. The van der Waals surface area contributed by atoms with Crippen molar-refractivity contribution in [1.29, 1.82) is 0 Å². The third kappa shape index (κ3) is 2.86. The Morgan fingerprint density at radius 3 is 2.67 bits per heavy atom. The van der Waals surface area contributed by atoms with Crippen molar-refractivity contribution in [3.63, 3.8) is 0 Å². The van der Waals surface area contributed by atoms with E-state index in [0.29, 0.717) is 23.8 Å². The summed E-state index contributed by atoms with van der Waals surface area (Å²) in [6, 6.07) is 6.79. The molecule has 0 aliphatic rings. The molecule has 126 valence electrons. The summed E-state index contributed by atoms with van der Waals surface area (Å²) in [5.41, 5.74) is 1.02. The third-order valence-electron chi connectivity index (χ3n) is 3.53. The summed E-state index contributed by atoms with van der Waals surface area (Å²) in [6.45, 7) is 4.36. The molecule has 24 heavy (non-hydrogen) atoms. The van der Waals surface area contributed by atoms with Crippen LogP contribution in [0.4, 0.5) is 13.2 Å². The maximum Gasteiger partial charge on any atom is 0.416 e. The van der Waals surface area contributed by atoms with Crippen molar-refractivity contribution >= 4 is 12.2 Å². The van der Waals surface area contributed by atoms with Crippen LogP contribution in [0.1, 0.15) is 18.2 Å². The van der Waals surface area contributed by atoms with Crippen LogP contribution in [0.25, 0.3) is 17.2 Å². The zero-order valence-electron chi connectivity index (χ0n) is 12.9. The third-order valence-corrected chi connectivity index (χ3v) is 3.81. The molecule has 0 radical (unpaired) electrons. The molecular weight excluding hydrogens is 339 g/mol. The van der Waals surface area contributed by atoms with E-state index in [2.05, 4.69) is 15.3 Å². The summed E-state index contributed by atoms with van der Waals surface area (Å²) in [5.74, 6) is 0.418. The molecule has 0 unspecified atom stereocenters. The first-order valence-corrected chi connectivity index (χ1v) is 7.62. The SMILES string of the molecule is CCn1nc(C)cc1-c1n[nH]c(=S)n1-c1cccc(C(F)(F)F)c1. The minimum Gasteiger partial charge on any atom is -0.267 e. The summed E-state index contributed by atoms with van der Waals surface area (Å²) in [7, 11) is 0. The van der Waals surface area contributed by atoms with Crippen molar-refractivity contribution in [1.82, 2.24) is 24.5 Å². The van der Waals surface area contributed by atoms with E-state index in [0.717, 1.165) is 17.8 Å². The standard InChI is InChI=1S/C15H14F3N5S/c1-3-22-12(7-9(2)21-22)13-19-20-14(24)23(13)11-6-4-5-10(8-11)15(16,17)18/h4-8H,3H2,1-2H3,(H,20,24). The van der Waals surface area contributed by atoms with Crippen molar-refractivity contribution in [2.75, 3.05) is 0 Å². The Morgan fingerprint density at radius 2 is 2.00 bits per heavy atom. The molecule has 0 fully saturated rings. The molecule has 1 N–H and O–H groups in total. The average molecular weight is 353 g/mol. The van der Waals surface area contributed by atoms with E-state index in [1.54, 1.807) is 10.7 Å². The van der Waals surface area contributed by atoms with Gasteiger partial charge in [0.2, 0.25) is 0 Å². The fraction of sp³-hybridized carbons (Fsp3) is 0.267. The Morgan fingerprint density at radius 1 is 1.25 bits per heavy atom. The molecule has 9 heteroatoms. The molecule has 0 aliphatic carbocycles. The van der Waals surface area contributed by atoms with Crippen LogP contribution >= 0.6 is 12.2 Å². The van der Waals surface area contributed by atoms with Crippen molar-refractivity contribution in [3.05, 3.63) is 46.4 Å². The lowest BCUT2D eigenvalue weighted by atomic mass is 10.2. The van der Waals surface area contributed by atoms with Gasteiger partial charge in [-0.3, -0.25) is 14.3 Å². The highest BCUT2D eigenvalue weighted by molar-refractivity contribution is 7.71. The number of halogens is 3. The number of aryl methyl sites for hydroxylation is 2. The van der Waals surface area contributed by atoms with Crippen LogP contribution in [0, 0.1) is 11.7 Å². The molecule has 0 amide bonds. The lowest BCUT2D eigenvalue weighted by Crippen LogP contribution is -2.08. The summed E-state index contributed by atoms with van der Waals surface area (Å²) in [6.07, 6.45) is -4.43. The van der Waals surface area contributed by atoms with Crippen molar-refractivity contribution < 1.29 is 13.2 Å². The molecule has 2 heterocycles. The number of hydrogen-bond donors (Lipinski definition) is 1. The monoisotopic (exact) mass is 353 g/mol. The van der Waals surface area contributed by atoms with Crippen molar-refractivity contribution in [3.8, 4) is 17.2 Å². The first-order valence-electron chi connectivity index (χ1n) is 7.21. The molecule has 0 saturated carbocycles. The van der Waals surface area contributed by atoms with Gasteiger partial charge in [0.15, 0.2) is 10.6 Å². The van der Waals surface area contributed by atoms with Gasteiger partial charge in [-0.05, 0) is 50.3 Å². The largest absolute Gasteiger partial charge is 0.416 e. The highest BCUT2D eigenvalue weighted by Gasteiger charge is 2.31. The quantitative estimate of drug-likeness (QED) is 0.720. The maximum atomic E-state index is 13.0. The van der Waals surface area contributed by atoms with E-state index in [4.69, 9.17) is 12.2 Å². The Bertz CT molecular complexity index is 935.